The lowest BCUT2D eigenvalue weighted by molar-refractivity contribution is 0.0986. The summed E-state index contributed by atoms with van der Waals surface area (Å²) in [6.07, 6.45) is 7.45. The summed E-state index contributed by atoms with van der Waals surface area (Å²) in [7, 11) is -1.84. The molecule has 1 aliphatic carbocycles. The summed E-state index contributed by atoms with van der Waals surface area (Å²) in [6.45, 7) is 6.11. The first-order valence-electron chi connectivity index (χ1n) is 7.33. The van der Waals surface area contributed by atoms with E-state index in [1.54, 1.807) is 0 Å². The summed E-state index contributed by atoms with van der Waals surface area (Å²) in [6, 6.07) is 0. The Kier molecular flexibility index (Phi) is 6.11. The maximum atomic E-state index is 5.71. The van der Waals surface area contributed by atoms with Crippen LogP contribution in [0.15, 0.2) is 0 Å². The van der Waals surface area contributed by atoms with Gasteiger partial charge in [-0.3, -0.25) is 0 Å². The highest BCUT2D eigenvalue weighted by Crippen LogP contribution is 2.40. The van der Waals surface area contributed by atoms with Crippen molar-refractivity contribution in [2.24, 2.45) is 5.92 Å². The Balaban J connectivity index is 1.51. The summed E-state index contributed by atoms with van der Waals surface area (Å²) >= 11 is 0. The molecule has 3 atom stereocenters. The zero-order valence-electron chi connectivity index (χ0n) is 11.6. The molecule has 2 aliphatic rings. The number of epoxide rings is 1. The van der Waals surface area contributed by atoms with E-state index in [9.17, 15) is 0 Å². The van der Waals surface area contributed by atoms with Gasteiger partial charge < -0.3 is 18.0 Å². The van der Waals surface area contributed by atoms with E-state index in [4.69, 9.17) is 18.0 Å². The van der Waals surface area contributed by atoms with Gasteiger partial charge in [-0.1, -0.05) is 0 Å². The minimum absolute atomic E-state index is 0.596. The summed E-state index contributed by atoms with van der Waals surface area (Å²) in [5.74, 6) is 0.844. The van der Waals surface area contributed by atoms with E-state index in [0.717, 1.165) is 18.9 Å². The molecule has 3 unspecified atom stereocenters. The molecule has 0 radical (unpaired) electrons. The minimum atomic E-state index is -1.84. The molecule has 1 aliphatic heterocycles. The predicted octanol–water partition coefficient (Wildman–Crippen LogP) is 2.14. The third-order valence-electron chi connectivity index (χ3n) is 3.73. The molecule has 5 heteroatoms. The molecule has 0 aromatic rings. The molecule has 4 nitrogen and oxygen atoms in total. The molecule has 1 saturated heterocycles. The van der Waals surface area contributed by atoms with Crippen LogP contribution < -0.4 is 0 Å². The lowest BCUT2D eigenvalue weighted by Crippen LogP contribution is -2.28. The number of ether oxygens (including phenoxy) is 1. The fourth-order valence-electron chi connectivity index (χ4n) is 2.72. The number of fused-ring (bicyclic) bond motifs is 1. The first-order valence-corrected chi connectivity index (χ1v) is 8.75. The van der Waals surface area contributed by atoms with Crippen LogP contribution in [0.1, 0.15) is 46.0 Å². The predicted molar refractivity (Wildman–Crippen MR) is 71.6 cm³/mol. The van der Waals surface area contributed by atoms with Crippen LogP contribution in [0.2, 0.25) is 0 Å². The normalized spacial score (nSPS) is 30.5. The van der Waals surface area contributed by atoms with Gasteiger partial charge >= 0.3 is 9.53 Å². The maximum absolute atomic E-state index is 5.71. The van der Waals surface area contributed by atoms with Gasteiger partial charge in [0.2, 0.25) is 0 Å². The highest BCUT2D eigenvalue weighted by atomic mass is 28.3. The Labute approximate surface area is 112 Å². The smallest absolute Gasteiger partial charge is 0.376 e. The van der Waals surface area contributed by atoms with E-state index in [1.165, 1.54) is 25.7 Å². The van der Waals surface area contributed by atoms with Gasteiger partial charge in [0.25, 0.3) is 0 Å². The standard InChI is InChI=1S/C13H26O4Si/c1-3-14-18(15-4-2)16-9-5-6-11-7-8-12-13(10-11)17-12/h11-13,18H,3-10H2,1-2H3. The van der Waals surface area contributed by atoms with Crippen molar-refractivity contribution in [2.45, 2.75) is 58.2 Å². The molecule has 0 spiro atoms. The van der Waals surface area contributed by atoms with Crippen LogP contribution >= 0.6 is 0 Å². The zero-order chi connectivity index (χ0) is 12.8. The second-order valence-corrected chi connectivity index (χ2v) is 6.68. The number of rotatable bonds is 9. The van der Waals surface area contributed by atoms with Gasteiger partial charge in [-0.25, -0.2) is 0 Å². The zero-order valence-corrected chi connectivity index (χ0v) is 12.8. The molecule has 0 aromatic carbocycles. The fraction of sp³-hybridized carbons (Fsp3) is 1.00. The average Bonchev–Trinajstić information content (AvgIpc) is 3.13. The molecule has 0 amide bonds. The van der Waals surface area contributed by atoms with Crippen LogP contribution in [-0.4, -0.2) is 41.6 Å². The van der Waals surface area contributed by atoms with Crippen molar-refractivity contribution in [3.8, 4) is 0 Å². The molecule has 1 heterocycles. The highest BCUT2D eigenvalue weighted by Gasteiger charge is 2.43. The van der Waals surface area contributed by atoms with Crippen LogP contribution in [0.4, 0.5) is 0 Å². The molecule has 2 rings (SSSR count). The SMILES string of the molecule is CCO[SiH](OCC)OCCCC1CCC2OC2C1. The van der Waals surface area contributed by atoms with E-state index < -0.39 is 9.53 Å². The van der Waals surface area contributed by atoms with E-state index in [2.05, 4.69) is 0 Å². The van der Waals surface area contributed by atoms with Crippen molar-refractivity contribution in [2.75, 3.05) is 19.8 Å². The summed E-state index contributed by atoms with van der Waals surface area (Å²) in [4.78, 5) is 0. The Morgan fingerprint density at radius 2 is 1.83 bits per heavy atom. The number of hydrogen-bond acceptors (Lipinski definition) is 4. The van der Waals surface area contributed by atoms with Crippen molar-refractivity contribution >= 4 is 9.53 Å². The third-order valence-corrected chi connectivity index (χ3v) is 5.45. The van der Waals surface area contributed by atoms with Gasteiger partial charge in [0.1, 0.15) is 0 Å². The first-order chi connectivity index (χ1) is 8.83. The monoisotopic (exact) mass is 274 g/mol. The molecular formula is C13H26O4Si. The van der Waals surface area contributed by atoms with Crippen molar-refractivity contribution in [3.05, 3.63) is 0 Å². The minimum Gasteiger partial charge on any atom is -0.376 e. The van der Waals surface area contributed by atoms with Crippen LogP contribution in [-0.2, 0) is 18.0 Å². The van der Waals surface area contributed by atoms with Crippen LogP contribution in [0, 0.1) is 5.92 Å². The first kappa shape index (κ1) is 14.5. The molecule has 1 saturated carbocycles. The highest BCUT2D eigenvalue weighted by molar-refractivity contribution is 6.36. The molecular weight excluding hydrogens is 248 g/mol. The van der Waals surface area contributed by atoms with Gasteiger partial charge in [0, 0.05) is 19.8 Å². The topological polar surface area (TPSA) is 40.2 Å². The quantitative estimate of drug-likeness (QED) is 0.367. The largest absolute Gasteiger partial charge is 0.484 e. The van der Waals surface area contributed by atoms with Crippen LogP contribution in [0.25, 0.3) is 0 Å². The Hall–Kier alpha value is 0.0569. The van der Waals surface area contributed by atoms with Gasteiger partial charge in [-0.05, 0) is 51.9 Å². The summed E-state index contributed by atoms with van der Waals surface area (Å²) < 4.78 is 22.2. The van der Waals surface area contributed by atoms with Gasteiger partial charge in [-0.2, -0.15) is 0 Å². The Morgan fingerprint density at radius 1 is 1.06 bits per heavy atom. The molecule has 0 N–H and O–H groups in total. The van der Waals surface area contributed by atoms with E-state index in [0.29, 0.717) is 25.4 Å². The number of hydrogen-bond donors (Lipinski definition) is 0. The fourth-order valence-corrected chi connectivity index (χ4v) is 3.91. The maximum Gasteiger partial charge on any atom is 0.484 e. The third kappa shape index (κ3) is 4.62. The second kappa shape index (κ2) is 7.60. The second-order valence-electron chi connectivity index (χ2n) is 5.10. The van der Waals surface area contributed by atoms with E-state index in [-0.39, 0.29) is 0 Å². The lowest BCUT2D eigenvalue weighted by atomic mass is 9.86. The summed E-state index contributed by atoms with van der Waals surface area (Å²) in [5.41, 5.74) is 0. The van der Waals surface area contributed by atoms with Crippen molar-refractivity contribution in [1.29, 1.82) is 0 Å². The van der Waals surface area contributed by atoms with E-state index in [1.807, 2.05) is 13.8 Å². The van der Waals surface area contributed by atoms with Crippen molar-refractivity contribution < 1.29 is 18.0 Å². The van der Waals surface area contributed by atoms with Crippen LogP contribution in [0.3, 0.4) is 0 Å². The van der Waals surface area contributed by atoms with Gasteiger partial charge in [0.05, 0.1) is 12.2 Å². The van der Waals surface area contributed by atoms with E-state index >= 15 is 0 Å². The average molecular weight is 274 g/mol. The molecule has 106 valence electrons. The van der Waals surface area contributed by atoms with Crippen molar-refractivity contribution in [1.82, 2.24) is 0 Å². The van der Waals surface area contributed by atoms with Gasteiger partial charge in [-0.15, -0.1) is 0 Å². The van der Waals surface area contributed by atoms with Crippen LogP contribution in [0.5, 0.6) is 0 Å². The van der Waals surface area contributed by atoms with Gasteiger partial charge in [0.15, 0.2) is 0 Å². The lowest BCUT2D eigenvalue weighted by Gasteiger charge is -2.19. The molecule has 18 heavy (non-hydrogen) atoms. The Bertz CT molecular complexity index is 229. The molecule has 0 aromatic heterocycles. The summed E-state index contributed by atoms with van der Waals surface area (Å²) in [5, 5.41) is 0. The molecule has 0 bridgehead atoms. The van der Waals surface area contributed by atoms with Crippen molar-refractivity contribution in [3.63, 3.8) is 0 Å². The molecule has 2 fully saturated rings. The Morgan fingerprint density at radius 3 is 2.50 bits per heavy atom.